The smallest absolute Gasteiger partial charge is 0.306 e. The number of hydrogen-bond donors (Lipinski definition) is 2. The summed E-state index contributed by atoms with van der Waals surface area (Å²) >= 11 is 6.24. The number of halogens is 1. The van der Waals surface area contributed by atoms with Crippen LogP contribution in [0.3, 0.4) is 0 Å². The first-order chi connectivity index (χ1) is 16.9. The van der Waals surface area contributed by atoms with Crippen molar-refractivity contribution in [3.05, 3.63) is 93.8 Å². The van der Waals surface area contributed by atoms with Crippen molar-refractivity contribution in [1.29, 1.82) is 0 Å². The summed E-state index contributed by atoms with van der Waals surface area (Å²) < 4.78 is 0. The third-order valence-electron chi connectivity index (χ3n) is 6.86. The second kappa shape index (κ2) is 10.9. The summed E-state index contributed by atoms with van der Waals surface area (Å²) in [6.07, 6.45) is 3.54. The van der Waals surface area contributed by atoms with Gasteiger partial charge in [-0.1, -0.05) is 35.0 Å². The Kier molecular flexibility index (Phi) is 7.71. The van der Waals surface area contributed by atoms with Crippen molar-refractivity contribution in [2.45, 2.75) is 39.0 Å². The maximum Gasteiger partial charge on any atom is 0.306 e. The lowest BCUT2D eigenvalue weighted by Crippen LogP contribution is -2.36. The van der Waals surface area contributed by atoms with Crippen molar-refractivity contribution in [3.8, 4) is 0 Å². The van der Waals surface area contributed by atoms with E-state index in [4.69, 9.17) is 11.6 Å². The van der Waals surface area contributed by atoms with Crippen LogP contribution in [0.5, 0.6) is 0 Å². The van der Waals surface area contributed by atoms with Crippen molar-refractivity contribution in [1.82, 2.24) is 4.98 Å². The van der Waals surface area contributed by atoms with E-state index in [9.17, 15) is 15.1 Å². The van der Waals surface area contributed by atoms with E-state index >= 15 is 0 Å². The number of piperidine rings is 1. The first-order valence-electron chi connectivity index (χ1n) is 11.8. The van der Waals surface area contributed by atoms with E-state index in [1.54, 1.807) is 6.20 Å². The Bertz CT molecular complexity index is 1220. The molecule has 2 aromatic carbocycles. The molecule has 2 N–H and O–H groups in total. The van der Waals surface area contributed by atoms with Crippen LogP contribution >= 0.6 is 11.6 Å². The molecule has 35 heavy (non-hydrogen) atoms. The summed E-state index contributed by atoms with van der Waals surface area (Å²) in [6.45, 7) is 5.43. The SMILES string of the molecule is Cc1cc(/C(C[C@H](c2ccc(N3CCC(C(=O)O)CC3)cc2)c2ccc(Cl)cc2C)=N/O)ccn1. The number of rotatable bonds is 7. The third-order valence-corrected chi connectivity index (χ3v) is 7.10. The molecule has 4 rings (SSSR count). The number of carbonyl (C=O) groups is 1. The van der Waals surface area contributed by atoms with Gasteiger partial charge in [-0.05, 0) is 79.8 Å². The van der Waals surface area contributed by atoms with Crippen molar-refractivity contribution in [2.75, 3.05) is 18.0 Å². The molecule has 1 saturated heterocycles. The second-order valence-electron chi connectivity index (χ2n) is 9.18. The average Bonchev–Trinajstić information content (AvgIpc) is 2.86. The van der Waals surface area contributed by atoms with Crippen LogP contribution in [0, 0.1) is 19.8 Å². The van der Waals surface area contributed by atoms with E-state index < -0.39 is 5.97 Å². The highest BCUT2D eigenvalue weighted by Gasteiger charge is 2.25. The zero-order chi connectivity index (χ0) is 24.9. The highest BCUT2D eigenvalue weighted by molar-refractivity contribution is 6.30. The third kappa shape index (κ3) is 5.82. The fourth-order valence-corrected chi connectivity index (χ4v) is 5.10. The maximum atomic E-state index is 11.3. The summed E-state index contributed by atoms with van der Waals surface area (Å²) in [4.78, 5) is 17.8. The summed E-state index contributed by atoms with van der Waals surface area (Å²) in [5.74, 6) is -0.999. The molecule has 0 saturated carbocycles. The van der Waals surface area contributed by atoms with Crippen molar-refractivity contribution < 1.29 is 15.1 Å². The Morgan fingerprint density at radius 2 is 1.83 bits per heavy atom. The number of pyridine rings is 1. The summed E-state index contributed by atoms with van der Waals surface area (Å²) in [7, 11) is 0. The number of anilines is 1. The number of aliphatic carboxylic acids is 1. The predicted molar refractivity (Wildman–Crippen MR) is 139 cm³/mol. The van der Waals surface area contributed by atoms with Crippen LogP contribution in [0.25, 0.3) is 0 Å². The van der Waals surface area contributed by atoms with Crippen molar-refractivity contribution >= 4 is 29.0 Å². The first-order valence-corrected chi connectivity index (χ1v) is 12.2. The molecule has 182 valence electrons. The lowest BCUT2D eigenvalue weighted by Gasteiger charge is -2.32. The highest BCUT2D eigenvalue weighted by atomic mass is 35.5. The second-order valence-corrected chi connectivity index (χ2v) is 9.62. The predicted octanol–water partition coefficient (Wildman–Crippen LogP) is 6.05. The molecule has 0 aliphatic carbocycles. The standard InChI is InChI=1S/C28H30ClN3O3/c1-18-15-23(29)5-8-25(18)26(17-27(31-35)22-9-12-30-19(2)16-22)20-3-6-24(7-4-20)32-13-10-21(11-14-32)28(33)34/h3-9,12,15-16,21,26,35H,10-11,13-14,17H2,1-2H3,(H,33,34)/b31-27+/t26-/m1/s1. The van der Waals surface area contributed by atoms with Gasteiger partial charge in [-0.15, -0.1) is 0 Å². The zero-order valence-electron chi connectivity index (χ0n) is 20.0. The fraction of sp³-hybridized carbons (Fsp3) is 0.321. The van der Waals surface area contributed by atoms with E-state index in [-0.39, 0.29) is 11.8 Å². The zero-order valence-corrected chi connectivity index (χ0v) is 20.7. The van der Waals surface area contributed by atoms with E-state index in [0.717, 1.165) is 46.7 Å². The van der Waals surface area contributed by atoms with Gasteiger partial charge in [-0.2, -0.15) is 0 Å². The van der Waals surface area contributed by atoms with Gasteiger partial charge >= 0.3 is 5.97 Å². The van der Waals surface area contributed by atoms with Crippen LogP contribution in [0.15, 0.2) is 65.9 Å². The van der Waals surface area contributed by atoms with Crippen LogP contribution in [0.2, 0.25) is 5.02 Å². The van der Waals surface area contributed by atoms with Gasteiger partial charge < -0.3 is 15.2 Å². The van der Waals surface area contributed by atoms with Crippen molar-refractivity contribution in [2.24, 2.45) is 11.1 Å². The number of hydrogen-bond acceptors (Lipinski definition) is 5. The molecular formula is C28H30ClN3O3. The number of benzene rings is 2. The molecule has 0 radical (unpaired) electrons. The molecule has 1 aromatic heterocycles. The fourth-order valence-electron chi connectivity index (χ4n) is 4.87. The molecule has 6 nitrogen and oxygen atoms in total. The van der Waals surface area contributed by atoms with E-state index in [1.165, 1.54) is 0 Å². The summed E-state index contributed by atoms with van der Waals surface area (Å²) in [6, 6.07) is 18.1. The molecule has 0 amide bonds. The lowest BCUT2D eigenvalue weighted by molar-refractivity contribution is -0.142. The van der Waals surface area contributed by atoms with Gasteiger partial charge in [0.05, 0.1) is 11.6 Å². The van der Waals surface area contributed by atoms with Crippen LogP contribution in [0.4, 0.5) is 5.69 Å². The minimum atomic E-state index is -0.702. The average molecular weight is 492 g/mol. The Labute approximate surface area is 210 Å². The number of carboxylic acid groups (broad SMARTS) is 1. The van der Waals surface area contributed by atoms with Gasteiger partial charge in [0.25, 0.3) is 0 Å². The number of nitrogens with zero attached hydrogens (tertiary/aromatic N) is 3. The van der Waals surface area contributed by atoms with Gasteiger partial charge in [0.15, 0.2) is 0 Å². The van der Waals surface area contributed by atoms with Gasteiger partial charge in [0, 0.05) is 53.6 Å². The maximum absolute atomic E-state index is 11.3. The molecule has 1 atom stereocenters. The van der Waals surface area contributed by atoms with Gasteiger partial charge in [-0.3, -0.25) is 9.78 Å². The molecule has 1 aliphatic rings. The van der Waals surface area contributed by atoms with Gasteiger partial charge in [0.2, 0.25) is 0 Å². The number of oxime groups is 1. The highest BCUT2D eigenvalue weighted by Crippen LogP contribution is 2.34. The van der Waals surface area contributed by atoms with E-state index in [1.807, 2.05) is 44.2 Å². The molecule has 1 aliphatic heterocycles. The number of carboxylic acids is 1. The van der Waals surface area contributed by atoms with Gasteiger partial charge in [0.1, 0.15) is 0 Å². The van der Waals surface area contributed by atoms with Gasteiger partial charge in [-0.25, -0.2) is 0 Å². The minimum Gasteiger partial charge on any atom is -0.481 e. The monoisotopic (exact) mass is 491 g/mol. The normalized spacial score (nSPS) is 15.7. The lowest BCUT2D eigenvalue weighted by atomic mass is 9.83. The molecule has 0 unspecified atom stereocenters. The molecule has 1 fully saturated rings. The topological polar surface area (TPSA) is 86.0 Å². The van der Waals surface area contributed by atoms with E-state index in [0.29, 0.717) is 30.0 Å². The first kappa shape index (κ1) is 24.7. The Morgan fingerprint density at radius 1 is 1.11 bits per heavy atom. The van der Waals surface area contributed by atoms with Crippen LogP contribution < -0.4 is 4.90 Å². The van der Waals surface area contributed by atoms with Crippen LogP contribution in [-0.4, -0.2) is 40.1 Å². The molecular weight excluding hydrogens is 462 g/mol. The van der Waals surface area contributed by atoms with E-state index in [2.05, 4.69) is 39.3 Å². The summed E-state index contributed by atoms with van der Waals surface area (Å²) in [5, 5.41) is 23.5. The molecule has 2 heterocycles. The molecule has 7 heteroatoms. The molecule has 0 spiro atoms. The molecule has 0 bridgehead atoms. The van der Waals surface area contributed by atoms with Crippen molar-refractivity contribution in [3.63, 3.8) is 0 Å². The quantitative estimate of drug-likeness (QED) is 0.238. The number of aryl methyl sites for hydroxylation is 2. The van der Waals surface area contributed by atoms with Crippen LogP contribution in [-0.2, 0) is 4.79 Å². The molecule has 3 aromatic rings. The largest absolute Gasteiger partial charge is 0.481 e. The Hall–Kier alpha value is -3.38. The summed E-state index contributed by atoms with van der Waals surface area (Å²) in [5.41, 5.74) is 6.68. The Morgan fingerprint density at radius 3 is 2.43 bits per heavy atom. The number of aromatic nitrogens is 1. The Balaban J connectivity index is 1.63. The minimum absolute atomic E-state index is 0.0431. The van der Waals surface area contributed by atoms with Crippen LogP contribution in [0.1, 0.15) is 53.1 Å².